The first-order valence-electron chi connectivity index (χ1n) is 8.78. The van der Waals surface area contributed by atoms with Crippen LogP contribution in [0, 0.1) is 25.7 Å². The Hall–Kier alpha value is -1.62. The Morgan fingerprint density at radius 3 is 2.83 bits per heavy atom. The van der Waals surface area contributed by atoms with Crippen molar-refractivity contribution < 1.29 is 4.79 Å². The van der Waals surface area contributed by atoms with Crippen LogP contribution in [0.1, 0.15) is 37.8 Å². The van der Waals surface area contributed by atoms with E-state index in [0.717, 1.165) is 31.6 Å². The smallest absolute Gasteiger partial charge is 0.224 e. The van der Waals surface area contributed by atoms with Gasteiger partial charge in [0.05, 0.1) is 5.92 Å². The number of likely N-dealkylation sites (tertiary alicyclic amines) is 1. The Labute approximate surface area is 151 Å². The molecule has 1 aromatic rings. The molecule has 0 aliphatic carbocycles. The Morgan fingerprint density at radius 2 is 2.12 bits per heavy atom. The summed E-state index contributed by atoms with van der Waals surface area (Å²) in [5.41, 5.74) is 3.50. The Kier molecular flexibility index (Phi) is 6.60. The fourth-order valence-electron chi connectivity index (χ4n) is 2.91. The number of anilines is 1. The molecule has 0 bridgehead atoms. The second-order valence-corrected chi connectivity index (χ2v) is 7.49. The minimum Gasteiger partial charge on any atom is -0.356 e. The predicted octanol–water partition coefficient (Wildman–Crippen LogP) is 3.48. The molecule has 0 aromatic heterocycles. The lowest BCUT2D eigenvalue weighted by atomic mass is 9.97. The van der Waals surface area contributed by atoms with Gasteiger partial charge in [-0.05, 0) is 62.0 Å². The van der Waals surface area contributed by atoms with Crippen LogP contribution in [0.15, 0.2) is 18.2 Å². The summed E-state index contributed by atoms with van der Waals surface area (Å²) >= 11 is 5.59. The maximum absolute atomic E-state index is 12.3. The van der Waals surface area contributed by atoms with Gasteiger partial charge >= 0.3 is 0 Å². The van der Waals surface area contributed by atoms with Gasteiger partial charge in [0.25, 0.3) is 0 Å². The van der Waals surface area contributed by atoms with Crippen LogP contribution in [-0.2, 0) is 4.79 Å². The Bertz CT molecular complexity index is 600. The first kappa shape index (κ1) is 18.7. The van der Waals surface area contributed by atoms with Gasteiger partial charge in [-0.25, -0.2) is 0 Å². The highest BCUT2D eigenvalue weighted by molar-refractivity contribution is 7.80. The average molecular weight is 348 g/mol. The van der Waals surface area contributed by atoms with Crippen LogP contribution in [0.4, 0.5) is 5.69 Å². The van der Waals surface area contributed by atoms with E-state index < -0.39 is 0 Å². The van der Waals surface area contributed by atoms with Crippen molar-refractivity contribution in [1.29, 1.82) is 0 Å². The normalized spacial score (nSPS) is 17.7. The molecule has 5 heteroatoms. The topological polar surface area (TPSA) is 44.4 Å². The van der Waals surface area contributed by atoms with Crippen LogP contribution < -0.4 is 10.6 Å². The maximum Gasteiger partial charge on any atom is 0.224 e. The van der Waals surface area contributed by atoms with Gasteiger partial charge in [-0.2, -0.15) is 0 Å². The lowest BCUT2D eigenvalue weighted by molar-refractivity contribution is -0.126. The number of aryl methyl sites for hydroxylation is 1. The highest BCUT2D eigenvalue weighted by Gasteiger charge is 2.27. The highest BCUT2D eigenvalue weighted by Crippen LogP contribution is 2.21. The molecule has 1 atom stereocenters. The van der Waals surface area contributed by atoms with Crippen molar-refractivity contribution in [2.75, 3.05) is 25.0 Å². The second-order valence-electron chi connectivity index (χ2n) is 7.10. The van der Waals surface area contributed by atoms with Crippen LogP contribution in [0.5, 0.6) is 0 Å². The number of piperidine rings is 1. The number of benzene rings is 1. The summed E-state index contributed by atoms with van der Waals surface area (Å²) in [5.74, 6) is 0.652. The highest BCUT2D eigenvalue weighted by atomic mass is 32.1. The van der Waals surface area contributed by atoms with Gasteiger partial charge in [0.15, 0.2) is 5.11 Å². The maximum atomic E-state index is 12.3. The number of rotatable bonds is 4. The van der Waals surface area contributed by atoms with Crippen molar-refractivity contribution in [1.82, 2.24) is 10.2 Å². The van der Waals surface area contributed by atoms with Crippen molar-refractivity contribution in [2.45, 2.75) is 40.5 Å². The summed E-state index contributed by atoms with van der Waals surface area (Å²) in [7, 11) is 0. The lowest BCUT2D eigenvalue weighted by Gasteiger charge is -2.34. The fraction of sp³-hybridized carbons (Fsp3) is 0.579. The van der Waals surface area contributed by atoms with E-state index in [9.17, 15) is 4.79 Å². The van der Waals surface area contributed by atoms with E-state index in [4.69, 9.17) is 12.2 Å². The number of amides is 1. The Morgan fingerprint density at radius 1 is 1.38 bits per heavy atom. The van der Waals surface area contributed by atoms with Crippen molar-refractivity contribution in [3.8, 4) is 0 Å². The number of nitrogens with one attached hydrogen (secondary N) is 2. The SMILES string of the molecule is Cc1cccc(NC(=S)N2CCCC(C(=O)NCC(C)C)C2)c1C. The predicted molar refractivity (Wildman–Crippen MR) is 104 cm³/mol. The van der Waals surface area contributed by atoms with Crippen molar-refractivity contribution >= 4 is 28.9 Å². The molecule has 2 N–H and O–H groups in total. The third-order valence-corrected chi connectivity index (χ3v) is 4.97. The molecule has 24 heavy (non-hydrogen) atoms. The minimum absolute atomic E-state index is 0.0239. The van der Waals surface area contributed by atoms with E-state index in [-0.39, 0.29) is 11.8 Å². The van der Waals surface area contributed by atoms with Crippen LogP contribution >= 0.6 is 12.2 Å². The monoisotopic (exact) mass is 347 g/mol. The summed E-state index contributed by atoms with van der Waals surface area (Å²) in [6, 6.07) is 6.18. The minimum atomic E-state index is 0.0239. The van der Waals surface area contributed by atoms with Gasteiger partial charge in [-0.1, -0.05) is 26.0 Å². The summed E-state index contributed by atoms with van der Waals surface area (Å²) < 4.78 is 0. The molecule has 1 aliphatic heterocycles. The first-order valence-corrected chi connectivity index (χ1v) is 9.19. The van der Waals surface area contributed by atoms with Gasteiger partial charge in [0.2, 0.25) is 5.91 Å². The Balaban J connectivity index is 1.95. The molecule has 4 nitrogen and oxygen atoms in total. The largest absolute Gasteiger partial charge is 0.356 e. The lowest BCUT2D eigenvalue weighted by Crippen LogP contribution is -2.47. The molecule has 1 fully saturated rings. The molecular weight excluding hydrogens is 318 g/mol. The number of hydrogen-bond acceptors (Lipinski definition) is 2. The molecule has 1 aliphatic rings. The molecule has 0 spiro atoms. The summed E-state index contributed by atoms with van der Waals surface area (Å²) in [6.45, 7) is 10.7. The van der Waals surface area contributed by atoms with Crippen molar-refractivity contribution in [3.05, 3.63) is 29.3 Å². The summed E-state index contributed by atoms with van der Waals surface area (Å²) in [6.07, 6.45) is 1.93. The van der Waals surface area contributed by atoms with E-state index in [0.29, 0.717) is 17.6 Å². The molecule has 0 saturated carbocycles. The number of nitrogens with zero attached hydrogens (tertiary/aromatic N) is 1. The molecule has 1 unspecified atom stereocenters. The molecule has 132 valence electrons. The number of carbonyl (C=O) groups is 1. The van der Waals surface area contributed by atoms with Crippen LogP contribution in [0.3, 0.4) is 0 Å². The molecule has 0 radical (unpaired) electrons. The van der Waals surface area contributed by atoms with Crippen LogP contribution in [-0.4, -0.2) is 35.6 Å². The molecule has 1 saturated heterocycles. The van der Waals surface area contributed by atoms with Crippen molar-refractivity contribution in [2.24, 2.45) is 11.8 Å². The number of carbonyl (C=O) groups excluding carboxylic acids is 1. The van der Waals surface area contributed by atoms with Gasteiger partial charge in [-0.3, -0.25) is 4.79 Å². The molecule has 2 rings (SSSR count). The van der Waals surface area contributed by atoms with E-state index in [1.807, 2.05) is 12.1 Å². The quantitative estimate of drug-likeness (QED) is 0.819. The first-order chi connectivity index (χ1) is 11.4. The van der Waals surface area contributed by atoms with Gasteiger partial charge in [-0.15, -0.1) is 0 Å². The standard InChI is InChI=1S/C19H29N3OS/c1-13(2)11-20-18(23)16-8-6-10-22(12-16)19(24)21-17-9-5-7-14(3)15(17)4/h5,7,9,13,16H,6,8,10-12H2,1-4H3,(H,20,23)(H,21,24). The number of thiocarbonyl (C=S) groups is 1. The van der Waals surface area contributed by atoms with Crippen molar-refractivity contribution in [3.63, 3.8) is 0 Å². The van der Waals surface area contributed by atoms with E-state index >= 15 is 0 Å². The summed E-state index contributed by atoms with van der Waals surface area (Å²) in [4.78, 5) is 14.5. The third kappa shape index (κ3) is 4.94. The zero-order valence-corrected chi connectivity index (χ0v) is 16.0. The molecule has 1 amide bonds. The average Bonchev–Trinajstić information content (AvgIpc) is 2.56. The van der Waals surface area contributed by atoms with Gasteiger partial charge < -0.3 is 15.5 Å². The second kappa shape index (κ2) is 8.47. The molecule has 1 aromatic carbocycles. The fourth-order valence-corrected chi connectivity index (χ4v) is 3.18. The van der Waals surface area contributed by atoms with E-state index in [1.165, 1.54) is 11.1 Å². The summed E-state index contributed by atoms with van der Waals surface area (Å²) in [5, 5.41) is 7.12. The number of hydrogen-bond donors (Lipinski definition) is 2. The molecule has 1 heterocycles. The zero-order valence-electron chi connectivity index (χ0n) is 15.2. The van der Waals surface area contributed by atoms with Gasteiger partial charge in [0.1, 0.15) is 0 Å². The zero-order chi connectivity index (χ0) is 17.7. The van der Waals surface area contributed by atoms with Gasteiger partial charge in [0, 0.05) is 25.3 Å². The van der Waals surface area contributed by atoms with E-state index in [1.54, 1.807) is 0 Å². The third-order valence-electron chi connectivity index (χ3n) is 4.61. The van der Waals surface area contributed by atoms with Crippen LogP contribution in [0.25, 0.3) is 0 Å². The molecular formula is C19H29N3OS. The van der Waals surface area contributed by atoms with Crippen LogP contribution in [0.2, 0.25) is 0 Å². The van der Waals surface area contributed by atoms with E-state index in [2.05, 4.69) is 49.3 Å².